The fourth-order valence-electron chi connectivity index (χ4n) is 3.91. The molecular weight excluding hydrogens is 449 g/mol. The minimum Gasteiger partial charge on any atom is -0.395 e. The average Bonchev–Trinajstić information content (AvgIpc) is 2.76. The third kappa shape index (κ3) is 7.67. The molecule has 1 aromatic rings. The predicted molar refractivity (Wildman–Crippen MR) is 114 cm³/mol. The topological polar surface area (TPSA) is 90.3 Å². The normalized spacial score (nSPS) is 20.2. The lowest BCUT2D eigenvalue weighted by atomic mass is 9.93. The summed E-state index contributed by atoms with van der Waals surface area (Å²) in [7, 11) is -2.41. The highest BCUT2D eigenvalue weighted by Crippen LogP contribution is 2.32. The van der Waals surface area contributed by atoms with Crippen molar-refractivity contribution in [3.8, 4) is 0 Å². The van der Waals surface area contributed by atoms with Crippen molar-refractivity contribution in [3.63, 3.8) is 0 Å². The second-order valence-corrected chi connectivity index (χ2v) is 9.98. The van der Waals surface area contributed by atoms with Gasteiger partial charge in [-0.1, -0.05) is 0 Å². The van der Waals surface area contributed by atoms with Crippen LogP contribution in [0.1, 0.15) is 37.7 Å². The molecule has 2 rings (SSSR count). The Bertz CT molecular complexity index is 776. The van der Waals surface area contributed by atoms with Gasteiger partial charge in [0.25, 0.3) is 0 Å². The zero-order valence-corrected chi connectivity index (χ0v) is 19.1. The lowest BCUT2D eigenvalue weighted by Gasteiger charge is -2.34. The molecule has 0 aliphatic heterocycles. The highest BCUT2D eigenvalue weighted by Gasteiger charge is 2.34. The largest absolute Gasteiger partial charge is 0.416 e. The zero-order chi connectivity index (χ0) is 23.8. The lowest BCUT2D eigenvalue weighted by Crippen LogP contribution is -2.40. The number of nitrogens with zero attached hydrogens (tertiary/aromatic N) is 2. The number of sulfonamides is 1. The Labute approximate surface area is 187 Å². The molecule has 184 valence electrons. The number of benzene rings is 1. The number of ether oxygens (including phenoxy) is 1. The third-order valence-electron chi connectivity index (χ3n) is 5.82. The first-order chi connectivity index (χ1) is 15.1. The van der Waals surface area contributed by atoms with Crippen LogP contribution in [0, 0.1) is 0 Å². The van der Waals surface area contributed by atoms with E-state index in [9.17, 15) is 21.6 Å². The first-order valence-corrected chi connectivity index (χ1v) is 12.2. The average molecular weight is 483 g/mol. The fraction of sp³-hybridized carbons (Fsp3) is 0.714. The van der Waals surface area contributed by atoms with E-state index >= 15 is 0 Å². The van der Waals surface area contributed by atoms with Crippen molar-refractivity contribution in [3.05, 3.63) is 29.8 Å². The van der Waals surface area contributed by atoms with Crippen LogP contribution in [0.2, 0.25) is 0 Å². The Morgan fingerprint density at radius 2 is 1.56 bits per heavy atom. The number of hydrogen-bond donors (Lipinski definition) is 2. The third-order valence-corrected chi connectivity index (χ3v) is 7.75. The van der Waals surface area contributed by atoms with Crippen molar-refractivity contribution in [2.75, 3.05) is 46.5 Å². The molecule has 1 aliphatic carbocycles. The first-order valence-electron chi connectivity index (χ1n) is 10.8. The van der Waals surface area contributed by atoms with Crippen LogP contribution in [-0.4, -0.2) is 86.5 Å². The molecule has 7 nitrogen and oxygen atoms in total. The van der Waals surface area contributed by atoms with Crippen LogP contribution in [0.3, 0.4) is 0 Å². The van der Waals surface area contributed by atoms with Crippen molar-refractivity contribution < 1.29 is 36.5 Å². The van der Waals surface area contributed by atoms with Gasteiger partial charge < -0.3 is 14.9 Å². The molecule has 0 spiro atoms. The van der Waals surface area contributed by atoms with Gasteiger partial charge in [-0.3, -0.25) is 4.90 Å². The van der Waals surface area contributed by atoms with Crippen molar-refractivity contribution in [2.45, 2.75) is 55.3 Å². The smallest absolute Gasteiger partial charge is 0.395 e. The zero-order valence-electron chi connectivity index (χ0n) is 18.3. The lowest BCUT2D eigenvalue weighted by molar-refractivity contribution is -0.137. The van der Waals surface area contributed by atoms with E-state index in [4.69, 9.17) is 14.9 Å². The van der Waals surface area contributed by atoms with E-state index in [0.29, 0.717) is 51.9 Å². The van der Waals surface area contributed by atoms with Crippen LogP contribution < -0.4 is 0 Å². The highest BCUT2D eigenvalue weighted by atomic mass is 32.2. The van der Waals surface area contributed by atoms with Gasteiger partial charge in [-0.25, -0.2) is 8.42 Å². The number of alkyl halides is 3. The molecule has 0 atom stereocenters. The summed E-state index contributed by atoms with van der Waals surface area (Å²) in [5, 5.41) is 18.0. The molecule has 0 radical (unpaired) electrons. The van der Waals surface area contributed by atoms with Crippen LogP contribution in [0.25, 0.3) is 0 Å². The molecule has 0 bridgehead atoms. The molecule has 1 fully saturated rings. The summed E-state index contributed by atoms with van der Waals surface area (Å²) < 4.78 is 71.0. The van der Waals surface area contributed by atoms with Gasteiger partial charge in [-0.2, -0.15) is 17.5 Å². The Morgan fingerprint density at radius 1 is 1.00 bits per heavy atom. The van der Waals surface area contributed by atoms with E-state index in [-0.39, 0.29) is 30.3 Å². The van der Waals surface area contributed by atoms with Crippen LogP contribution in [0.4, 0.5) is 13.2 Å². The van der Waals surface area contributed by atoms with Gasteiger partial charge in [-0.15, -0.1) is 0 Å². The summed E-state index contributed by atoms with van der Waals surface area (Å²) in [6, 6.07) is 3.34. The van der Waals surface area contributed by atoms with Gasteiger partial charge >= 0.3 is 6.18 Å². The molecule has 2 N–H and O–H groups in total. The molecule has 1 aliphatic rings. The first kappa shape index (κ1) is 27.0. The van der Waals surface area contributed by atoms with Gasteiger partial charge in [0.1, 0.15) is 0 Å². The molecule has 1 aromatic carbocycles. The summed E-state index contributed by atoms with van der Waals surface area (Å²) >= 11 is 0. The Balaban J connectivity index is 1.81. The standard InChI is InChI=1S/C21H33F3N2O5S/c1-25(32(29,30)20-9-3-17(4-10-20)21(22,23)24)18-5-7-19(8-6-18)31-16-2-11-26(12-14-27)13-15-28/h3-4,9-10,18-19,27-28H,2,5-8,11-16H2,1H3. The molecule has 11 heteroatoms. The monoisotopic (exact) mass is 482 g/mol. The van der Waals surface area contributed by atoms with Crippen molar-refractivity contribution >= 4 is 10.0 Å². The number of hydrogen-bond acceptors (Lipinski definition) is 6. The molecule has 0 aromatic heterocycles. The van der Waals surface area contributed by atoms with Crippen LogP contribution in [0.5, 0.6) is 0 Å². The fourth-order valence-corrected chi connectivity index (χ4v) is 5.33. The van der Waals surface area contributed by atoms with Crippen molar-refractivity contribution in [1.29, 1.82) is 0 Å². The maximum Gasteiger partial charge on any atom is 0.416 e. The minimum atomic E-state index is -4.51. The quantitative estimate of drug-likeness (QED) is 0.445. The molecule has 0 unspecified atom stereocenters. The predicted octanol–water partition coefficient (Wildman–Crippen LogP) is 2.33. The van der Waals surface area contributed by atoms with Gasteiger partial charge in [-0.05, 0) is 56.4 Å². The van der Waals surface area contributed by atoms with E-state index in [1.165, 1.54) is 11.4 Å². The van der Waals surface area contributed by atoms with E-state index in [2.05, 4.69) is 0 Å². The summed E-state index contributed by atoms with van der Waals surface area (Å²) in [6.45, 7) is 2.34. The Kier molecular flexibility index (Phi) is 10.4. The summed E-state index contributed by atoms with van der Waals surface area (Å²) in [5.41, 5.74) is -0.882. The maximum atomic E-state index is 12.8. The molecule has 32 heavy (non-hydrogen) atoms. The molecule has 1 saturated carbocycles. The van der Waals surface area contributed by atoms with E-state index in [0.717, 1.165) is 30.7 Å². The van der Waals surface area contributed by atoms with Gasteiger partial charge in [0.2, 0.25) is 10.0 Å². The van der Waals surface area contributed by atoms with Gasteiger partial charge in [0.15, 0.2) is 0 Å². The van der Waals surface area contributed by atoms with Crippen molar-refractivity contribution in [1.82, 2.24) is 9.21 Å². The van der Waals surface area contributed by atoms with Crippen LogP contribution in [0.15, 0.2) is 29.2 Å². The van der Waals surface area contributed by atoms with Crippen molar-refractivity contribution in [2.24, 2.45) is 0 Å². The second kappa shape index (κ2) is 12.3. The molecule has 0 amide bonds. The number of aliphatic hydroxyl groups is 2. The van der Waals surface area contributed by atoms with E-state index in [1.54, 1.807) is 0 Å². The summed E-state index contributed by atoms with van der Waals surface area (Å²) in [4.78, 5) is 1.81. The molecular formula is C21H33F3N2O5S. The van der Waals surface area contributed by atoms with Crippen LogP contribution >= 0.6 is 0 Å². The van der Waals surface area contributed by atoms with E-state index in [1.807, 2.05) is 4.90 Å². The van der Waals surface area contributed by atoms with Gasteiger partial charge in [0, 0.05) is 39.3 Å². The number of halogens is 3. The Hall–Kier alpha value is -1.24. The number of rotatable bonds is 12. The maximum absolute atomic E-state index is 12.8. The minimum absolute atomic E-state index is 0.0355. The Morgan fingerprint density at radius 3 is 2.06 bits per heavy atom. The van der Waals surface area contributed by atoms with Crippen LogP contribution in [-0.2, 0) is 20.9 Å². The number of aliphatic hydroxyl groups excluding tert-OH is 2. The summed E-state index contributed by atoms with van der Waals surface area (Å²) in [6.07, 6.45) is -1.07. The molecule has 0 saturated heterocycles. The molecule has 0 heterocycles. The van der Waals surface area contributed by atoms with E-state index < -0.39 is 21.8 Å². The SMILES string of the molecule is CN(C1CCC(OCCCN(CCO)CCO)CC1)S(=O)(=O)c1ccc(C(F)(F)F)cc1. The second-order valence-electron chi connectivity index (χ2n) is 7.99. The summed E-state index contributed by atoms with van der Waals surface area (Å²) in [5.74, 6) is 0. The van der Waals surface area contributed by atoms with Gasteiger partial charge in [0.05, 0.1) is 29.8 Å². The highest BCUT2D eigenvalue weighted by molar-refractivity contribution is 7.89.